The molecule has 0 spiro atoms. The van der Waals surface area contributed by atoms with Gasteiger partial charge in [-0.05, 0) is 68.3 Å². The Morgan fingerprint density at radius 2 is 1.91 bits per heavy atom. The van der Waals surface area contributed by atoms with E-state index in [0.717, 1.165) is 86.1 Å². The predicted octanol–water partition coefficient (Wildman–Crippen LogP) is 5.65. The van der Waals surface area contributed by atoms with Crippen molar-refractivity contribution in [2.75, 3.05) is 31.6 Å². The quantitative estimate of drug-likeness (QED) is 0.452. The molecule has 2 aliphatic heterocycles. The molecular weight excluding hydrogens is 471 g/mol. The van der Waals surface area contributed by atoms with Gasteiger partial charge in [0.2, 0.25) is 5.95 Å². The van der Waals surface area contributed by atoms with Crippen LogP contribution in [0.4, 0.5) is 11.6 Å². The summed E-state index contributed by atoms with van der Waals surface area (Å²) in [6, 6.07) is 4.72. The second-order valence-corrected chi connectivity index (χ2v) is 10.6. The number of anilines is 2. The number of likely N-dealkylation sites (tertiary alicyclic amines) is 1. The molecule has 1 saturated carbocycles. The van der Waals surface area contributed by atoms with Gasteiger partial charge in [-0.3, -0.25) is 9.58 Å². The molecule has 1 aliphatic carbocycles. The lowest BCUT2D eigenvalue weighted by Gasteiger charge is -2.35. The van der Waals surface area contributed by atoms with Crippen LogP contribution in [-0.2, 0) is 11.3 Å². The van der Waals surface area contributed by atoms with Crippen LogP contribution in [-0.4, -0.2) is 57.0 Å². The highest BCUT2D eigenvalue weighted by Gasteiger charge is 2.29. The van der Waals surface area contributed by atoms with Gasteiger partial charge in [0.25, 0.3) is 0 Å². The zero-order valence-electron chi connectivity index (χ0n) is 19.2. The van der Waals surface area contributed by atoms with E-state index in [1.54, 1.807) is 6.20 Å². The normalized spacial score (nSPS) is 22.0. The van der Waals surface area contributed by atoms with Crippen molar-refractivity contribution in [3.05, 3.63) is 40.3 Å². The molecule has 9 heteroatoms. The minimum absolute atomic E-state index is 0.445. The molecule has 3 aliphatic rings. The van der Waals surface area contributed by atoms with Gasteiger partial charge in [0.15, 0.2) is 5.15 Å². The van der Waals surface area contributed by atoms with Crippen molar-refractivity contribution in [2.24, 2.45) is 5.92 Å². The predicted molar refractivity (Wildman–Crippen MR) is 135 cm³/mol. The Morgan fingerprint density at radius 3 is 2.68 bits per heavy atom. The molecule has 3 fully saturated rings. The van der Waals surface area contributed by atoms with E-state index in [9.17, 15) is 0 Å². The largest absolute Gasteiger partial charge is 0.380 e. The Bertz CT molecular complexity index is 1170. The number of hydrogen-bond acceptors (Lipinski definition) is 6. The van der Waals surface area contributed by atoms with Crippen LogP contribution in [0.3, 0.4) is 0 Å². The summed E-state index contributed by atoms with van der Waals surface area (Å²) >= 11 is 13.3. The minimum Gasteiger partial charge on any atom is -0.380 e. The monoisotopic (exact) mass is 500 g/mol. The first-order chi connectivity index (χ1) is 16.6. The standard InChI is InChI=1S/C25H30Cl2N6O/c26-21-11-18-13-28-25(31-23-14-29-33(24(23)27)9-3-16-1-2-16)30-22(18)12-20(21)17-4-7-32(8-5-17)19-6-10-34-15-19/h11-14,16-17,19H,1-10,15H2,(H,28,30,31). The number of rotatable bonds is 7. The van der Waals surface area contributed by atoms with Crippen molar-refractivity contribution in [1.82, 2.24) is 24.6 Å². The molecule has 7 nitrogen and oxygen atoms in total. The van der Waals surface area contributed by atoms with E-state index in [0.29, 0.717) is 23.1 Å². The van der Waals surface area contributed by atoms with E-state index in [-0.39, 0.29) is 0 Å². The summed E-state index contributed by atoms with van der Waals surface area (Å²) in [4.78, 5) is 11.8. The number of ether oxygens (including phenoxy) is 1. The number of aromatic nitrogens is 4. The van der Waals surface area contributed by atoms with E-state index in [4.69, 9.17) is 32.9 Å². The number of halogens is 2. The van der Waals surface area contributed by atoms with E-state index < -0.39 is 0 Å². The van der Waals surface area contributed by atoms with E-state index in [2.05, 4.69) is 26.4 Å². The minimum atomic E-state index is 0.445. The molecule has 0 bridgehead atoms. The third-order valence-electron chi connectivity index (χ3n) is 7.56. The second kappa shape index (κ2) is 9.61. The van der Waals surface area contributed by atoms with Gasteiger partial charge in [-0.25, -0.2) is 9.97 Å². The topological polar surface area (TPSA) is 68.1 Å². The zero-order valence-corrected chi connectivity index (χ0v) is 20.7. The van der Waals surface area contributed by atoms with Crippen molar-refractivity contribution in [3.63, 3.8) is 0 Å². The maximum absolute atomic E-state index is 6.72. The van der Waals surface area contributed by atoms with Crippen molar-refractivity contribution in [2.45, 2.75) is 57.0 Å². The van der Waals surface area contributed by atoms with Crippen LogP contribution < -0.4 is 5.32 Å². The summed E-state index contributed by atoms with van der Waals surface area (Å²) < 4.78 is 7.43. The number of aryl methyl sites for hydroxylation is 1. The Labute approximate surface area is 209 Å². The molecule has 1 aromatic carbocycles. The molecule has 2 saturated heterocycles. The van der Waals surface area contributed by atoms with Gasteiger partial charge in [0.1, 0.15) is 0 Å². The summed E-state index contributed by atoms with van der Waals surface area (Å²) in [6.45, 7) is 4.79. The molecule has 1 atom stereocenters. The van der Waals surface area contributed by atoms with Gasteiger partial charge in [-0.15, -0.1) is 0 Å². The van der Waals surface area contributed by atoms with Crippen LogP contribution >= 0.6 is 23.2 Å². The summed E-state index contributed by atoms with van der Waals surface area (Å²) in [5, 5.41) is 10.0. The fourth-order valence-electron chi connectivity index (χ4n) is 5.27. The lowest BCUT2D eigenvalue weighted by molar-refractivity contribution is 0.122. The number of hydrogen-bond donors (Lipinski definition) is 1. The van der Waals surface area contributed by atoms with Crippen molar-refractivity contribution >= 4 is 45.7 Å². The van der Waals surface area contributed by atoms with Gasteiger partial charge in [-0.2, -0.15) is 5.10 Å². The van der Waals surface area contributed by atoms with E-state index >= 15 is 0 Å². The Hall–Kier alpha value is -1.93. The molecule has 4 heterocycles. The molecule has 34 heavy (non-hydrogen) atoms. The molecule has 180 valence electrons. The Kier molecular flexibility index (Phi) is 6.37. The van der Waals surface area contributed by atoms with Crippen LogP contribution in [0.2, 0.25) is 10.2 Å². The van der Waals surface area contributed by atoms with Crippen LogP contribution in [0, 0.1) is 5.92 Å². The Balaban J connectivity index is 1.17. The van der Waals surface area contributed by atoms with Crippen LogP contribution in [0.15, 0.2) is 24.5 Å². The lowest BCUT2D eigenvalue weighted by atomic mass is 9.88. The van der Waals surface area contributed by atoms with Gasteiger partial charge in [0.05, 0.1) is 24.0 Å². The zero-order chi connectivity index (χ0) is 23.1. The van der Waals surface area contributed by atoms with Crippen LogP contribution in [0.1, 0.15) is 50.0 Å². The fraction of sp³-hybridized carbons (Fsp3) is 0.560. The van der Waals surface area contributed by atoms with Gasteiger partial charge < -0.3 is 10.1 Å². The molecule has 2 aromatic heterocycles. The third kappa shape index (κ3) is 4.76. The maximum Gasteiger partial charge on any atom is 0.227 e. The summed E-state index contributed by atoms with van der Waals surface area (Å²) in [5.41, 5.74) is 2.81. The van der Waals surface area contributed by atoms with Gasteiger partial charge in [-0.1, -0.05) is 36.0 Å². The fourth-order valence-corrected chi connectivity index (χ4v) is 5.82. The second-order valence-electron chi connectivity index (χ2n) is 9.88. The van der Waals surface area contributed by atoms with Crippen molar-refractivity contribution < 1.29 is 4.74 Å². The number of nitrogens with one attached hydrogen (secondary N) is 1. The molecule has 1 unspecified atom stereocenters. The van der Waals surface area contributed by atoms with Gasteiger partial charge in [0, 0.05) is 35.8 Å². The Morgan fingerprint density at radius 1 is 1.06 bits per heavy atom. The smallest absolute Gasteiger partial charge is 0.227 e. The average molecular weight is 501 g/mol. The number of piperidine rings is 1. The molecule has 0 radical (unpaired) electrons. The summed E-state index contributed by atoms with van der Waals surface area (Å²) in [6.07, 6.45) is 10.7. The highest BCUT2D eigenvalue weighted by molar-refractivity contribution is 6.32. The van der Waals surface area contributed by atoms with Crippen LogP contribution in [0.5, 0.6) is 0 Å². The van der Waals surface area contributed by atoms with Gasteiger partial charge >= 0.3 is 0 Å². The molecular formula is C25H30Cl2N6O. The van der Waals surface area contributed by atoms with Crippen molar-refractivity contribution in [1.29, 1.82) is 0 Å². The highest BCUT2D eigenvalue weighted by atomic mass is 35.5. The van der Waals surface area contributed by atoms with Crippen LogP contribution in [0.25, 0.3) is 10.9 Å². The lowest BCUT2D eigenvalue weighted by Crippen LogP contribution is -2.41. The number of fused-ring (bicyclic) bond motifs is 1. The van der Waals surface area contributed by atoms with Crippen molar-refractivity contribution in [3.8, 4) is 0 Å². The molecule has 6 rings (SSSR count). The molecule has 0 amide bonds. The van der Waals surface area contributed by atoms with E-state index in [1.165, 1.54) is 18.4 Å². The summed E-state index contributed by atoms with van der Waals surface area (Å²) in [7, 11) is 0. The first-order valence-electron chi connectivity index (χ1n) is 12.4. The summed E-state index contributed by atoms with van der Waals surface area (Å²) in [5.74, 6) is 1.80. The average Bonchev–Trinajstić information content (AvgIpc) is 3.39. The first kappa shape index (κ1) is 22.5. The SMILES string of the molecule is Clc1cc2cnc(Nc3cnn(CCC4CC4)c3Cl)nc2cc1C1CCN(C2CCOC2)CC1. The molecule has 3 aromatic rings. The van der Waals surface area contributed by atoms with E-state index in [1.807, 2.05) is 16.9 Å². The first-order valence-corrected chi connectivity index (χ1v) is 13.2. The number of nitrogens with zero attached hydrogens (tertiary/aromatic N) is 5. The maximum atomic E-state index is 6.72. The third-order valence-corrected chi connectivity index (χ3v) is 8.28. The highest BCUT2D eigenvalue weighted by Crippen LogP contribution is 2.37. The number of benzene rings is 1. The molecule has 1 N–H and O–H groups in total.